The van der Waals surface area contributed by atoms with Crippen LogP contribution in [0.5, 0.6) is 0 Å². The van der Waals surface area contributed by atoms with E-state index in [0.29, 0.717) is 18.4 Å². The second-order valence-corrected chi connectivity index (χ2v) is 5.49. The van der Waals surface area contributed by atoms with Crippen molar-refractivity contribution in [1.82, 2.24) is 14.7 Å². The number of hydrogen-bond acceptors (Lipinski definition) is 4. The fourth-order valence-corrected chi connectivity index (χ4v) is 2.62. The Balaban J connectivity index is 1.83. The van der Waals surface area contributed by atoms with E-state index in [1.54, 1.807) is 0 Å². The lowest BCUT2D eigenvalue weighted by molar-refractivity contribution is -0.130. The van der Waals surface area contributed by atoms with Crippen molar-refractivity contribution in [1.29, 1.82) is 0 Å². The van der Waals surface area contributed by atoms with Crippen molar-refractivity contribution >= 4 is 5.91 Å². The van der Waals surface area contributed by atoms with Gasteiger partial charge in [0.15, 0.2) is 0 Å². The van der Waals surface area contributed by atoms with Gasteiger partial charge in [-0.1, -0.05) is 0 Å². The van der Waals surface area contributed by atoms with E-state index in [2.05, 4.69) is 9.80 Å². The maximum Gasteiger partial charge on any atom is 0.223 e. The number of hydrogen-bond donors (Lipinski definition) is 0. The topological polar surface area (TPSA) is 36.0 Å². The summed E-state index contributed by atoms with van der Waals surface area (Å²) in [7, 11) is 4.09. The van der Waals surface area contributed by atoms with Crippen LogP contribution in [-0.2, 0) is 9.53 Å². The lowest BCUT2D eigenvalue weighted by atomic mass is 10.2. The number of ether oxygens (including phenoxy) is 1. The summed E-state index contributed by atoms with van der Waals surface area (Å²) in [4.78, 5) is 18.6. The predicted octanol–water partition coefficient (Wildman–Crippen LogP) is -0.129. The summed E-state index contributed by atoms with van der Waals surface area (Å²) in [5.74, 6) is 0.304. The van der Waals surface area contributed by atoms with E-state index in [1.165, 1.54) is 0 Å². The highest BCUT2D eigenvalue weighted by Crippen LogP contribution is 2.15. The van der Waals surface area contributed by atoms with Crippen LogP contribution in [0.2, 0.25) is 0 Å². The number of carbonyl (C=O) groups excluding carboxylic acids is 1. The first-order chi connectivity index (χ1) is 8.66. The number of amides is 1. The molecule has 2 heterocycles. The molecule has 2 rings (SSSR count). The van der Waals surface area contributed by atoms with Gasteiger partial charge < -0.3 is 14.5 Å². The molecular weight excluding hydrogens is 230 g/mol. The van der Waals surface area contributed by atoms with Gasteiger partial charge in [-0.2, -0.15) is 0 Å². The molecule has 2 fully saturated rings. The van der Waals surface area contributed by atoms with Crippen LogP contribution in [0.25, 0.3) is 0 Å². The van der Waals surface area contributed by atoms with E-state index in [9.17, 15) is 4.79 Å². The van der Waals surface area contributed by atoms with Gasteiger partial charge in [0, 0.05) is 51.8 Å². The molecule has 0 bridgehead atoms. The molecule has 1 amide bonds. The van der Waals surface area contributed by atoms with E-state index in [1.807, 2.05) is 19.0 Å². The summed E-state index contributed by atoms with van der Waals surface area (Å²) in [5.41, 5.74) is 0. The summed E-state index contributed by atoms with van der Waals surface area (Å²) in [6.07, 6.45) is 1.77. The molecule has 2 aliphatic heterocycles. The van der Waals surface area contributed by atoms with Gasteiger partial charge in [0.25, 0.3) is 0 Å². The monoisotopic (exact) mass is 255 g/mol. The van der Waals surface area contributed by atoms with Crippen molar-refractivity contribution in [3.05, 3.63) is 0 Å². The van der Waals surface area contributed by atoms with Gasteiger partial charge in [-0.3, -0.25) is 9.69 Å². The lowest BCUT2D eigenvalue weighted by Crippen LogP contribution is -2.40. The van der Waals surface area contributed by atoms with Crippen molar-refractivity contribution in [2.24, 2.45) is 0 Å². The molecule has 1 unspecified atom stereocenters. The van der Waals surface area contributed by atoms with Crippen LogP contribution >= 0.6 is 0 Å². The zero-order valence-electron chi connectivity index (χ0n) is 11.6. The molecule has 5 heteroatoms. The summed E-state index contributed by atoms with van der Waals surface area (Å²) in [5, 5.41) is 0. The summed E-state index contributed by atoms with van der Waals surface area (Å²) >= 11 is 0. The molecule has 0 spiro atoms. The minimum atomic E-state index is 0.304. The fraction of sp³-hybridized carbons (Fsp3) is 0.923. The number of carbonyl (C=O) groups is 1. The van der Waals surface area contributed by atoms with Crippen LogP contribution in [0.4, 0.5) is 0 Å². The molecule has 1 atom stereocenters. The van der Waals surface area contributed by atoms with Crippen molar-refractivity contribution < 1.29 is 9.53 Å². The smallest absolute Gasteiger partial charge is 0.223 e. The Hall–Kier alpha value is -0.650. The molecule has 0 aromatic heterocycles. The molecule has 104 valence electrons. The highest BCUT2D eigenvalue weighted by atomic mass is 16.5. The van der Waals surface area contributed by atoms with E-state index in [0.717, 1.165) is 52.4 Å². The molecular formula is C13H25N3O2. The lowest BCUT2D eigenvalue weighted by Gasteiger charge is -2.26. The van der Waals surface area contributed by atoms with Crippen molar-refractivity contribution in [2.75, 3.05) is 60.0 Å². The number of rotatable bonds is 4. The Morgan fingerprint density at radius 1 is 1.33 bits per heavy atom. The average Bonchev–Trinajstić information content (AvgIpc) is 2.79. The molecule has 0 aromatic rings. The largest absolute Gasteiger partial charge is 0.380 e. The third-order valence-corrected chi connectivity index (χ3v) is 3.86. The van der Waals surface area contributed by atoms with Gasteiger partial charge in [-0.05, 0) is 20.5 Å². The third-order valence-electron chi connectivity index (χ3n) is 3.86. The molecule has 2 saturated heterocycles. The van der Waals surface area contributed by atoms with E-state index < -0.39 is 0 Å². The molecule has 0 saturated carbocycles. The normalized spacial score (nSPS) is 26.9. The second-order valence-electron chi connectivity index (χ2n) is 5.49. The molecule has 18 heavy (non-hydrogen) atoms. The van der Waals surface area contributed by atoms with Crippen LogP contribution in [0.3, 0.4) is 0 Å². The average molecular weight is 255 g/mol. The second kappa shape index (κ2) is 6.50. The maximum atomic E-state index is 12.0. The van der Waals surface area contributed by atoms with Gasteiger partial charge in [0.2, 0.25) is 5.91 Å². The zero-order valence-corrected chi connectivity index (χ0v) is 11.6. The Kier molecular flexibility index (Phi) is 4.97. The number of nitrogens with zero attached hydrogens (tertiary/aromatic N) is 3. The SMILES string of the molecule is CN(C)CCN1CCN(C2CCOC2)CCC1=O. The quantitative estimate of drug-likeness (QED) is 0.701. The minimum Gasteiger partial charge on any atom is -0.380 e. The number of likely N-dealkylation sites (N-methyl/N-ethyl adjacent to an activating group) is 1. The highest BCUT2D eigenvalue weighted by molar-refractivity contribution is 5.76. The Morgan fingerprint density at radius 2 is 2.17 bits per heavy atom. The molecule has 2 aliphatic rings. The molecule has 0 aromatic carbocycles. The zero-order chi connectivity index (χ0) is 13.0. The summed E-state index contributed by atoms with van der Waals surface area (Å²) in [6.45, 7) is 6.26. The Bertz CT molecular complexity index is 277. The summed E-state index contributed by atoms with van der Waals surface area (Å²) in [6, 6.07) is 0.534. The van der Waals surface area contributed by atoms with Crippen molar-refractivity contribution in [3.63, 3.8) is 0 Å². The van der Waals surface area contributed by atoms with Gasteiger partial charge in [0.05, 0.1) is 6.61 Å². The fourth-order valence-electron chi connectivity index (χ4n) is 2.62. The van der Waals surface area contributed by atoms with Crippen molar-refractivity contribution in [2.45, 2.75) is 18.9 Å². The van der Waals surface area contributed by atoms with Gasteiger partial charge in [0.1, 0.15) is 0 Å². The van der Waals surface area contributed by atoms with Gasteiger partial charge in [-0.25, -0.2) is 0 Å². The molecule has 0 radical (unpaired) electrons. The van der Waals surface area contributed by atoms with E-state index >= 15 is 0 Å². The maximum absolute atomic E-state index is 12.0. The Labute approximate surface area is 110 Å². The minimum absolute atomic E-state index is 0.304. The van der Waals surface area contributed by atoms with Crippen molar-refractivity contribution in [3.8, 4) is 0 Å². The third kappa shape index (κ3) is 3.67. The summed E-state index contributed by atoms with van der Waals surface area (Å²) < 4.78 is 5.44. The molecule has 5 nitrogen and oxygen atoms in total. The molecule has 0 N–H and O–H groups in total. The van der Waals surface area contributed by atoms with E-state index in [4.69, 9.17) is 4.74 Å². The van der Waals surface area contributed by atoms with Crippen LogP contribution in [0.15, 0.2) is 0 Å². The van der Waals surface area contributed by atoms with Crippen LogP contribution in [0.1, 0.15) is 12.8 Å². The van der Waals surface area contributed by atoms with Crippen LogP contribution in [0, 0.1) is 0 Å². The highest BCUT2D eigenvalue weighted by Gasteiger charge is 2.27. The standard InChI is InChI=1S/C13H25N3O2/c1-14(2)6-7-16-9-8-15(5-3-13(16)17)12-4-10-18-11-12/h12H,3-11H2,1-2H3. The Morgan fingerprint density at radius 3 is 2.83 bits per heavy atom. The van der Waals surface area contributed by atoms with Crippen LogP contribution in [-0.4, -0.2) is 86.7 Å². The van der Waals surface area contributed by atoms with Crippen LogP contribution < -0.4 is 0 Å². The molecule has 0 aliphatic carbocycles. The first-order valence-electron chi connectivity index (χ1n) is 6.91. The predicted molar refractivity (Wildman–Crippen MR) is 70.5 cm³/mol. The first-order valence-corrected chi connectivity index (χ1v) is 6.91. The van der Waals surface area contributed by atoms with Gasteiger partial charge >= 0.3 is 0 Å². The van der Waals surface area contributed by atoms with E-state index in [-0.39, 0.29) is 0 Å². The van der Waals surface area contributed by atoms with Gasteiger partial charge in [-0.15, -0.1) is 0 Å². The first kappa shape index (κ1) is 13.8.